The molecule has 0 radical (unpaired) electrons. The summed E-state index contributed by atoms with van der Waals surface area (Å²) in [5, 5.41) is 31.2. The van der Waals surface area contributed by atoms with E-state index in [1.807, 2.05) is 0 Å². The molecule has 0 amide bonds. The Kier molecular flexibility index (Phi) is 5.14. The van der Waals surface area contributed by atoms with Crippen LogP contribution >= 0.6 is 0 Å². The number of hydrogen-bond donors (Lipinski definition) is 3. The number of azide groups is 1. The number of carboxylic acid groups (broad SMARTS) is 1. The maximum absolute atomic E-state index is 12.5. The van der Waals surface area contributed by atoms with E-state index < -0.39 is 47.6 Å². The van der Waals surface area contributed by atoms with Gasteiger partial charge < -0.3 is 15.3 Å². The number of benzene rings is 1. The molecule has 2 unspecified atom stereocenters. The molecule has 1 aromatic carbocycles. The Morgan fingerprint density at radius 2 is 2.00 bits per heavy atom. The second-order valence-electron chi connectivity index (χ2n) is 4.03. The molecular formula is C11H10F3N3O4. The standard InChI is InChI=1S/C11H10F3N3O4/c12-11(13,14)5-1-2-6(7(3-5)10(20)21)9(19)8(18)4-16-17-15/h1-3,8-9,18-19H,4H2,(H,20,21). The zero-order chi connectivity index (χ0) is 16.2. The van der Waals surface area contributed by atoms with Gasteiger partial charge in [-0.05, 0) is 23.2 Å². The molecule has 0 aromatic heterocycles. The Morgan fingerprint density at radius 3 is 2.48 bits per heavy atom. The molecule has 0 spiro atoms. The molecule has 10 heteroatoms. The van der Waals surface area contributed by atoms with Crippen LogP contribution in [-0.4, -0.2) is 33.9 Å². The predicted octanol–water partition coefficient (Wildman–Crippen LogP) is 2.11. The molecule has 7 nitrogen and oxygen atoms in total. The number of aliphatic hydroxyl groups excluding tert-OH is 2. The fourth-order valence-corrected chi connectivity index (χ4v) is 1.60. The first-order valence-corrected chi connectivity index (χ1v) is 5.50. The summed E-state index contributed by atoms with van der Waals surface area (Å²) in [7, 11) is 0. The summed E-state index contributed by atoms with van der Waals surface area (Å²) in [5.41, 5.74) is 5.69. The van der Waals surface area contributed by atoms with Gasteiger partial charge in [-0.1, -0.05) is 11.2 Å². The van der Waals surface area contributed by atoms with Crippen molar-refractivity contribution in [2.45, 2.75) is 18.4 Å². The molecule has 1 rings (SSSR count). The van der Waals surface area contributed by atoms with Crippen LogP contribution in [0.15, 0.2) is 23.3 Å². The molecular weight excluding hydrogens is 295 g/mol. The van der Waals surface area contributed by atoms with Gasteiger partial charge in [-0.15, -0.1) is 0 Å². The van der Waals surface area contributed by atoms with Crippen LogP contribution in [-0.2, 0) is 6.18 Å². The van der Waals surface area contributed by atoms with E-state index >= 15 is 0 Å². The molecule has 3 N–H and O–H groups in total. The lowest BCUT2D eigenvalue weighted by atomic mass is 9.96. The number of aliphatic hydroxyl groups is 2. The van der Waals surface area contributed by atoms with Gasteiger partial charge in [-0.25, -0.2) is 4.79 Å². The summed E-state index contributed by atoms with van der Waals surface area (Å²) >= 11 is 0. The first-order valence-electron chi connectivity index (χ1n) is 5.50. The highest BCUT2D eigenvalue weighted by molar-refractivity contribution is 5.89. The van der Waals surface area contributed by atoms with Gasteiger partial charge in [0.1, 0.15) is 6.10 Å². The largest absolute Gasteiger partial charge is 0.478 e. The summed E-state index contributed by atoms with van der Waals surface area (Å²) in [6.45, 7) is -0.558. The first-order chi connectivity index (χ1) is 9.68. The van der Waals surface area contributed by atoms with Gasteiger partial charge in [0.15, 0.2) is 0 Å². The van der Waals surface area contributed by atoms with Crippen molar-refractivity contribution >= 4 is 5.97 Å². The van der Waals surface area contributed by atoms with E-state index in [-0.39, 0.29) is 0 Å². The highest BCUT2D eigenvalue weighted by Gasteiger charge is 2.33. The van der Waals surface area contributed by atoms with E-state index in [0.717, 1.165) is 6.07 Å². The molecule has 2 atom stereocenters. The van der Waals surface area contributed by atoms with E-state index in [0.29, 0.717) is 12.1 Å². The number of nitrogens with zero attached hydrogens (tertiary/aromatic N) is 3. The van der Waals surface area contributed by atoms with E-state index in [1.54, 1.807) is 0 Å². The van der Waals surface area contributed by atoms with Crippen molar-refractivity contribution in [3.63, 3.8) is 0 Å². The quantitative estimate of drug-likeness (QED) is 0.437. The number of rotatable bonds is 5. The number of carbonyl (C=O) groups is 1. The third-order valence-electron chi connectivity index (χ3n) is 2.63. The minimum atomic E-state index is -4.74. The number of aromatic carboxylic acids is 1. The fraction of sp³-hybridized carbons (Fsp3) is 0.364. The second kappa shape index (κ2) is 6.44. The molecule has 0 fully saturated rings. The lowest BCUT2D eigenvalue weighted by Gasteiger charge is -2.19. The summed E-state index contributed by atoms with van der Waals surface area (Å²) in [6.07, 6.45) is -8.18. The fourth-order valence-electron chi connectivity index (χ4n) is 1.60. The molecule has 1 aromatic rings. The average molecular weight is 305 g/mol. The smallest absolute Gasteiger partial charge is 0.416 e. The Morgan fingerprint density at radius 1 is 1.38 bits per heavy atom. The van der Waals surface area contributed by atoms with E-state index in [9.17, 15) is 28.2 Å². The highest BCUT2D eigenvalue weighted by Crippen LogP contribution is 2.32. The maximum atomic E-state index is 12.5. The van der Waals surface area contributed by atoms with Crippen LogP contribution in [0.1, 0.15) is 27.6 Å². The molecule has 114 valence electrons. The van der Waals surface area contributed by atoms with E-state index in [1.165, 1.54) is 0 Å². The molecule has 0 saturated carbocycles. The van der Waals surface area contributed by atoms with Crippen LogP contribution in [0.3, 0.4) is 0 Å². The molecule has 0 saturated heterocycles. The Balaban J connectivity index is 3.23. The van der Waals surface area contributed by atoms with Gasteiger partial charge in [0.05, 0.1) is 23.8 Å². The molecule has 0 bridgehead atoms. The van der Waals surface area contributed by atoms with Gasteiger partial charge in [0.2, 0.25) is 0 Å². The highest BCUT2D eigenvalue weighted by atomic mass is 19.4. The van der Waals surface area contributed by atoms with Crippen molar-refractivity contribution in [3.8, 4) is 0 Å². The van der Waals surface area contributed by atoms with Crippen LogP contribution in [0.4, 0.5) is 13.2 Å². The van der Waals surface area contributed by atoms with Crippen molar-refractivity contribution in [2.75, 3.05) is 6.54 Å². The van der Waals surface area contributed by atoms with E-state index in [4.69, 9.17) is 10.6 Å². The topological polar surface area (TPSA) is 127 Å². The van der Waals surface area contributed by atoms with Crippen molar-refractivity contribution in [3.05, 3.63) is 45.3 Å². The monoisotopic (exact) mass is 305 g/mol. The maximum Gasteiger partial charge on any atom is 0.416 e. The SMILES string of the molecule is [N-]=[N+]=NCC(O)C(O)c1ccc(C(F)(F)F)cc1C(=O)O. The Bertz CT molecular complexity index is 585. The van der Waals surface area contributed by atoms with Crippen LogP contribution in [0.2, 0.25) is 0 Å². The molecule has 0 heterocycles. The average Bonchev–Trinajstić information content (AvgIpc) is 2.42. The second-order valence-corrected chi connectivity index (χ2v) is 4.03. The number of carboxylic acids is 1. The van der Waals surface area contributed by atoms with Crippen LogP contribution in [0.5, 0.6) is 0 Å². The van der Waals surface area contributed by atoms with E-state index in [2.05, 4.69) is 10.0 Å². The molecule has 0 aliphatic rings. The minimum absolute atomic E-state index is 0.362. The lowest BCUT2D eigenvalue weighted by Crippen LogP contribution is -2.23. The summed E-state index contributed by atoms with van der Waals surface area (Å²) < 4.78 is 37.6. The molecule has 0 aliphatic heterocycles. The van der Waals surface area contributed by atoms with Gasteiger partial charge in [-0.2, -0.15) is 13.2 Å². The van der Waals surface area contributed by atoms with Gasteiger partial charge >= 0.3 is 12.1 Å². The summed E-state index contributed by atoms with van der Waals surface area (Å²) in [4.78, 5) is 13.3. The molecule has 21 heavy (non-hydrogen) atoms. The third kappa shape index (κ3) is 4.09. The van der Waals surface area contributed by atoms with Crippen LogP contribution in [0.25, 0.3) is 10.4 Å². The van der Waals surface area contributed by atoms with Crippen LogP contribution in [0, 0.1) is 0 Å². The van der Waals surface area contributed by atoms with Crippen molar-refractivity contribution in [1.82, 2.24) is 0 Å². The lowest BCUT2D eigenvalue weighted by molar-refractivity contribution is -0.137. The summed E-state index contributed by atoms with van der Waals surface area (Å²) in [6, 6.07) is 1.71. The van der Waals surface area contributed by atoms with Crippen LogP contribution < -0.4 is 0 Å². The summed E-state index contributed by atoms with van der Waals surface area (Å²) in [5.74, 6) is -1.69. The van der Waals surface area contributed by atoms with Crippen molar-refractivity contribution in [2.24, 2.45) is 5.11 Å². The molecule has 0 aliphatic carbocycles. The number of hydrogen-bond acceptors (Lipinski definition) is 4. The third-order valence-corrected chi connectivity index (χ3v) is 2.63. The van der Waals surface area contributed by atoms with Gasteiger partial charge in [0, 0.05) is 4.91 Å². The van der Waals surface area contributed by atoms with Crippen molar-refractivity contribution < 1.29 is 33.3 Å². The van der Waals surface area contributed by atoms with Gasteiger partial charge in [-0.3, -0.25) is 0 Å². The Labute approximate surface area is 115 Å². The predicted molar refractivity (Wildman–Crippen MR) is 63.4 cm³/mol. The number of alkyl halides is 3. The Hall–Kier alpha value is -2.29. The van der Waals surface area contributed by atoms with Gasteiger partial charge in [0.25, 0.3) is 0 Å². The minimum Gasteiger partial charge on any atom is -0.478 e. The zero-order valence-corrected chi connectivity index (χ0v) is 10.3. The number of halogens is 3. The van der Waals surface area contributed by atoms with Crippen molar-refractivity contribution in [1.29, 1.82) is 0 Å². The first kappa shape index (κ1) is 16.8. The zero-order valence-electron chi connectivity index (χ0n) is 10.3. The normalized spacial score (nSPS) is 14.1.